The molecule has 0 bridgehead atoms. The summed E-state index contributed by atoms with van der Waals surface area (Å²) in [6, 6.07) is 1.44. The number of hydrogen-bond acceptors (Lipinski definition) is 4. The summed E-state index contributed by atoms with van der Waals surface area (Å²) in [5, 5.41) is 10.2. The van der Waals surface area contributed by atoms with E-state index >= 15 is 0 Å². The predicted octanol–water partition coefficient (Wildman–Crippen LogP) is 1.82. The minimum Gasteiger partial charge on any atom is -0.296 e. The number of carbonyl (C=O) groups excluding carboxylic acids is 1. The molecule has 0 aliphatic carbocycles. The molecule has 1 aromatic rings. The summed E-state index contributed by atoms with van der Waals surface area (Å²) < 4.78 is 36.7. The molecule has 5 nitrogen and oxygen atoms in total. The maximum Gasteiger partial charge on any atom is 0.440 e. The Balaban J connectivity index is 3.42. The van der Waals surface area contributed by atoms with Crippen LogP contribution in [0.25, 0.3) is 0 Å². The van der Waals surface area contributed by atoms with E-state index in [9.17, 15) is 28.1 Å². The molecule has 0 fully saturated rings. The van der Waals surface area contributed by atoms with E-state index in [-0.39, 0.29) is 6.29 Å². The third-order valence-electron chi connectivity index (χ3n) is 1.48. The van der Waals surface area contributed by atoms with Crippen molar-refractivity contribution >= 4 is 12.0 Å². The topological polar surface area (TPSA) is 73.1 Å². The lowest BCUT2D eigenvalue weighted by Gasteiger charge is -2.05. The third-order valence-corrected chi connectivity index (χ3v) is 1.48. The summed E-state index contributed by atoms with van der Waals surface area (Å²) >= 11 is 0. The van der Waals surface area contributed by atoms with Gasteiger partial charge in [-0.1, -0.05) is 0 Å². The number of aromatic nitrogens is 1. The molecular formula is C7H3F3N2O3. The number of pyridine rings is 1. The molecule has 0 atom stereocenters. The molecule has 0 spiro atoms. The van der Waals surface area contributed by atoms with E-state index < -0.39 is 28.2 Å². The molecular weight excluding hydrogens is 217 g/mol. The lowest BCUT2D eigenvalue weighted by Crippen LogP contribution is -2.12. The standard InChI is InChI=1S/C7H3F3N2O3/c8-7(9,10)6-5(12(14)15)2-1-4(3-13)11-6/h1-3H. The van der Waals surface area contributed by atoms with Gasteiger partial charge in [0, 0.05) is 6.07 Å². The van der Waals surface area contributed by atoms with Gasteiger partial charge in [-0.15, -0.1) is 0 Å². The van der Waals surface area contributed by atoms with Gasteiger partial charge in [0.25, 0.3) is 5.69 Å². The van der Waals surface area contributed by atoms with Gasteiger partial charge in [-0.25, -0.2) is 4.98 Å². The second-order valence-electron chi connectivity index (χ2n) is 2.48. The summed E-state index contributed by atoms with van der Waals surface area (Å²) in [6.07, 6.45) is -4.87. The second kappa shape index (κ2) is 3.64. The summed E-state index contributed by atoms with van der Waals surface area (Å²) in [6.45, 7) is 0. The lowest BCUT2D eigenvalue weighted by molar-refractivity contribution is -0.388. The average Bonchev–Trinajstić information content (AvgIpc) is 2.15. The largest absolute Gasteiger partial charge is 0.440 e. The van der Waals surface area contributed by atoms with E-state index in [0.29, 0.717) is 6.07 Å². The maximum atomic E-state index is 12.2. The van der Waals surface area contributed by atoms with E-state index in [1.54, 1.807) is 0 Å². The van der Waals surface area contributed by atoms with Crippen LogP contribution < -0.4 is 0 Å². The van der Waals surface area contributed by atoms with Crippen molar-refractivity contribution in [2.45, 2.75) is 6.18 Å². The first kappa shape index (κ1) is 11.1. The number of nitro groups is 1. The van der Waals surface area contributed by atoms with Crippen molar-refractivity contribution in [3.8, 4) is 0 Å². The van der Waals surface area contributed by atoms with E-state index in [4.69, 9.17) is 0 Å². The molecule has 80 valence electrons. The first-order valence-electron chi connectivity index (χ1n) is 3.54. The molecule has 0 aromatic carbocycles. The molecule has 0 aliphatic rings. The molecule has 1 heterocycles. The van der Waals surface area contributed by atoms with Gasteiger partial charge in [-0.05, 0) is 6.07 Å². The fourth-order valence-corrected chi connectivity index (χ4v) is 0.888. The van der Waals surface area contributed by atoms with Gasteiger partial charge in [-0.2, -0.15) is 13.2 Å². The molecule has 0 amide bonds. The van der Waals surface area contributed by atoms with Gasteiger partial charge >= 0.3 is 6.18 Å². The molecule has 0 saturated heterocycles. The SMILES string of the molecule is O=Cc1ccc([N+](=O)[O-])c(C(F)(F)F)n1. The molecule has 0 unspecified atom stereocenters. The fourth-order valence-electron chi connectivity index (χ4n) is 0.888. The summed E-state index contributed by atoms with van der Waals surface area (Å²) in [5.74, 6) is 0. The zero-order valence-electron chi connectivity index (χ0n) is 6.99. The van der Waals surface area contributed by atoms with Crippen LogP contribution in [0.15, 0.2) is 12.1 Å². The van der Waals surface area contributed by atoms with E-state index in [2.05, 4.69) is 4.98 Å². The van der Waals surface area contributed by atoms with Gasteiger partial charge in [0.1, 0.15) is 5.69 Å². The zero-order valence-corrected chi connectivity index (χ0v) is 6.99. The Hall–Kier alpha value is -1.99. The summed E-state index contributed by atoms with van der Waals surface area (Å²) in [4.78, 5) is 22.1. The first-order chi connectivity index (χ1) is 6.86. The van der Waals surface area contributed by atoms with Crippen LogP contribution in [0.3, 0.4) is 0 Å². The Morgan fingerprint density at radius 2 is 2.00 bits per heavy atom. The van der Waals surface area contributed by atoms with Gasteiger partial charge in [0.2, 0.25) is 5.69 Å². The zero-order chi connectivity index (χ0) is 11.6. The van der Waals surface area contributed by atoms with Gasteiger partial charge in [0.05, 0.1) is 4.92 Å². The van der Waals surface area contributed by atoms with Gasteiger partial charge < -0.3 is 0 Å². The van der Waals surface area contributed by atoms with Crippen LogP contribution in [-0.2, 0) is 6.18 Å². The van der Waals surface area contributed by atoms with Crippen LogP contribution in [-0.4, -0.2) is 16.2 Å². The number of carbonyl (C=O) groups is 1. The number of halogens is 3. The Labute approximate surface area is 80.7 Å². The molecule has 8 heteroatoms. The Bertz CT molecular complexity index is 416. The minimum atomic E-state index is -4.96. The van der Waals surface area contributed by atoms with Crippen LogP contribution in [0.4, 0.5) is 18.9 Å². The molecule has 0 aliphatic heterocycles. The number of aldehydes is 1. The van der Waals surface area contributed by atoms with Crippen LogP contribution in [0, 0.1) is 10.1 Å². The minimum absolute atomic E-state index is 0.0823. The highest BCUT2D eigenvalue weighted by Gasteiger charge is 2.40. The number of alkyl halides is 3. The van der Waals surface area contributed by atoms with Crippen molar-refractivity contribution in [1.29, 1.82) is 0 Å². The first-order valence-corrected chi connectivity index (χ1v) is 3.54. The number of hydrogen-bond donors (Lipinski definition) is 0. The highest BCUT2D eigenvalue weighted by molar-refractivity contribution is 5.72. The monoisotopic (exact) mass is 220 g/mol. The molecule has 1 rings (SSSR count). The average molecular weight is 220 g/mol. The highest BCUT2D eigenvalue weighted by Crippen LogP contribution is 2.34. The van der Waals surface area contributed by atoms with Crippen LogP contribution in [0.5, 0.6) is 0 Å². The van der Waals surface area contributed by atoms with Crippen LogP contribution >= 0.6 is 0 Å². The normalized spacial score (nSPS) is 11.1. The Morgan fingerprint density at radius 1 is 1.40 bits per heavy atom. The predicted molar refractivity (Wildman–Crippen MR) is 41.3 cm³/mol. The van der Waals surface area contributed by atoms with Crippen molar-refractivity contribution in [2.75, 3.05) is 0 Å². The third kappa shape index (κ3) is 2.27. The quantitative estimate of drug-likeness (QED) is 0.433. The molecule has 0 saturated carbocycles. The molecule has 0 radical (unpaired) electrons. The highest BCUT2D eigenvalue weighted by atomic mass is 19.4. The molecule has 15 heavy (non-hydrogen) atoms. The Morgan fingerprint density at radius 3 is 2.40 bits per heavy atom. The van der Waals surface area contributed by atoms with Crippen molar-refractivity contribution in [2.24, 2.45) is 0 Å². The van der Waals surface area contributed by atoms with E-state index in [1.807, 2.05) is 0 Å². The number of rotatable bonds is 2. The Kier molecular flexibility index (Phi) is 2.69. The molecule has 0 N–H and O–H groups in total. The maximum absolute atomic E-state index is 12.2. The lowest BCUT2D eigenvalue weighted by atomic mass is 10.2. The van der Waals surface area contributed by atoms with Crippen molar-refractivity contribution < 1.29 is 22.9 Å². The van der Waals surface area contributed by atoms with Crippen molar-refractivity contribution in [3.05, 3.63) is 33.6 Å². The van der Waals surface area contributed by atoms with Gasteiger partial charge in [-0.3, -0.25) is 14.9 Å². The smallest absolute Gasteiger partial charge is 0.296 e. The second-order valence-corrected chi connectivity index (χ2v) is 2.48. The van der Waals surface area contributed by atoms with E-state index in [0.717, 1.165) is 6.07 Å². The van der Waals surface area contributed by atoms with E-state index in [1.165, 1.54) is 0 Å². The van der Waals surface area contributed by atoms with Crippen molar-refractivity contribution in [3.63, 3.8) is 0 Å². The summed E-state index contributed by atoms with van der Waals surface area (Å²) in [7, 11) is 0. The fraction of sp³-hybridized carbons (Fsp3) is 0.143. The summed E-state index contributed by atoms with van der Waals surface area (Å²) in [5.41, 5.74) is -3.35. The van der Waals surface area contributed by atoms with Gasteiger partial charge in [0.15, 0.2) is 6.29 Å². The van der Waals surface area contributed by atoms with Crippen molar-refractivity contribution in [1.82, 2.24) is 4.98 Å². The number of nitrogens with zero attached hydrogens (tertiary/aromatic N) is 2. The van der Waals surface area contributed by atoms with Crippen LogP contribution in [0.1, 0.15) is 16.2 Å². The molecule has 1 aromatic heterocycles. The van der Waals surface area contributed by atoms with Crippen LogP contribution in [0.2, 0.25) is 0 Å².